The summed E-state index contributed by atoms with van der Waals surface area (Å²) in [5.74, 6) is -1.01. The van der Waals surface area contributed by atoms with E-state index in [4.69, 9.17) is 0 Å². The Morgan fingerprint density at radius 3 is 2.45 bits per heavy atom. The highest BCUT2D eigenvalue weighted by Crippen LogP contribution is 2.49. The van der Waals surface area contributed by atoms with Crippen molar-refractivity contribution in [2.45, 2.75) is 77.7 Å². The van der Waals surface area contributed by atoms with E-state index in [-0.39, 0.29) is 11.6 Å². The summed E-state index contributed by atoms with van der Waals surface area (Å²) < 4.78 is 0. The van der Waals surface area contributed by atoms with E-state index in [0.29, 0.717) is 29.6 Å². The summed E-state index contributed by atoms with van der Waals surface area (Å²) in [6, 6.07) is 12.7. The highest BCUT2D eigenvalue weighted by Gasteiger charge is 2.54. The second-order valence-electron chi connectivity index (χ2n) is 10.2. The molecule has 1 aromatic carbocycles. The molecule has 2 aromatic heterocycles. The van der Waals surface area contributed by atoms with Crippen LogP contribution in [0.2, 0.25) is 0 Å². The van der Waals surface area contributed by atoms with Gasteiger partial charge in [-0.15, -0.1) is 0 Å². The maximum absolute atomic E-state index is 14.0. The fourth-order valence-corrected chi connectivity index (χ4v) is 5.87. The first-order chi connectivity index (χ1) is 18.4. The number of rotatable bonds is 14. The Balaban J connectivity index is 1.53. The standard InChI is InChI=1S/C30H38N4O3S/c1-4-6-9-22-10-7-11-23(18-22)12-8-17-34(20-25-33-26(28(35)36)27(38-25)31-5-2)29(37)30(15-16-30)24-14-13-21(3)19-32-24/h7,10-11,13-14,18-19,31H,4-6,8-9,12,15-17,20H2,1-3H3,(H,35,36). The number of carboxylic acid groups (broad SMARTS) is 1. The van der Waals surface area contributed by atoms with Gasteiger partial charge in [-0.3, -0.25) is 9.78 Å². The summed E-state index contributed by atoms with van der Waals surface area (Å²) in [5, 5.41) is 13.9. The van der Waals surface area contributed by atoms with Crippen molar-refractivity contribution >= 4 is 28.2 Å². The van der Waals surface area contributed by atoms with Crippen LogP contribution in [0.25, 0.3) is 0 Å². The van der Waals surface area contributed by atoms with Crippen molar-refractivity contribution in [3.05, 3.63) is 75.7 Å². The number of aromatic nitrogens is 2. The fourth-order valence-electron chi connectivity index (χ4n) is 4.83. The first-order valence-corrected chi connectivity index (χ1v) is 14.4. The lowest BCUT2D eigenvalue weighted by atomic mass is 9.98. The molecule has 0 aliphatic heterocycles. The average Bonchev–Trinajstić information content (AvgIpc) is 3.62. The summed E-state index contributed by atoms with van der Waals surface area (Å²) >= 11 is 1.31. The number of hydrogen-bond acceptors (Lipinski definition) is 6. The zero-order valence-electron chi connectivity index (χ0n) is 22.6. The van der Waals surface area contributed by atoms with Gasteiger partial charge in [0.25, 0.3) is 0 Å². The molecule has 1 amide bonds. The van der Waals surface area contributed by atoms with Crippen molar-refractivity contribution in [1.82, 2.24) is 14.9 Å². The Labute approximate surface area is 229 Å². The molecule has 2 N–H and O–H groups in total. The van der Waals surface area contributed by atoms with E-state index in [1.807, 2.05) is 37.1 Å². The molecule has 4 rings (SSSR count). The molecule has 1 saturated carbocycles. The van der Waals surface area contributed by atoms with Gasteiger partial charge in [-0.2, -0.15) is 0 Å². The SMILES string of the molecule is CCCCc1cccc(CCCN(Cc2nc(C(=O)O)c(NCC)s2)C(=O)C2(c3ccc(C)cn3)CC2)c1. The number of unbranched alkanes of at least 4 members (excludes halogenated alkanes) is 1. The molecule has 1 fully saturated rings. The molecule has 0 atom stereocenters. The predicted octanol–water partition coefficient (Wildman–Crippen LogP) is 6.01. The van der Waals surface area contributed by atoms with Gasteiger partial charge in [0.2, 0.25) is 5.91 Å². The predicted molar refractivity (Wildman–Crippen MR) is 152 cm³/mol. The number of carbonyl (C=O) groups is 2. The van der Waals surface area contributed by atoms with Gasteiger partial charge in [0.05, 0.1) is 17.7 Å². The first kappa shape index (κ1) is 27.8. The van der Waals surface area contributed by atoms with Gasteiger partial charge in [0.1, 0.15) is 10.0 Å². The van der Waals surface area contributed by atoms with Crippen LogP contribution in [0.3, 0.4) is 0 Å². The number of nitrogens with one attached hydrogen (secondary N) is 1. The summed E-state index contributed by atoms with van der Waals surface area (Å²) in [7, 11) is 0. The van der Waals surface area contributed by atoms with Crippen LogP contribution in [-0.4, -0.2) is 44.9 Å². The van der Waals surface area contributed by atoms with E-state index >= 15 is 0 Å². The maximum Gasteiger partial charge on any atom is 0.357 e. The second-order valence-corrected chi connectivity index (χ2v) is 11.3. The molecule has 1 aliphatic rings. The number of aromatic carboxylic acids is 1. The molecule has 8 heteroatoms. The molecule has 2 heterocycles. The third-order valence-electron chi connectivity index (χ3n) is 7.09. The van der Waals surface area contributed by atoms with E-state index in [2.05, 4.69) is 46.5 Å². The summed E-state index contributed by atoms with van der Waals surface area (Å²) in [6.45, 7) is 7.58. The molecular formula is C30H38N4O3S. The molecule has 202 valence electrons. The van der Waals surface area contributed by atoms with Crippen molar-refractivity contribution in [1.29, 1.82) is 0 Å². The normalized spacial score (nSPS) is 13.8. The molecule has 0 radical (unpaired) electrons. The lowest BCUT2D eigenvalue weighted by Crippen LogP contribution is -2.40. The van der Waals surface area contributed by atoms with Crippen LogP contribution in [0, 0.1) is 6.92 Å². The smallest absolute Gasteiger partial charge is 0.357 e. The molecule has 1 aliphatic carbocycles. The van der Waals surface area contributed by atoms with Crippen molar-refractivity contribution in [3.63, 3.8) is 0 Å². The number of benzene rings is 1. The van der Waals surface area contributed by atoms with Crippen molar-refractivity contribution in [2.24, 2.45) is 0 Å². The first-order valence-electron chi connectivity index (χ1n) is 13.6. The number of aryl methyl sites for hydroxylation is 3. The fraction of sp³-hybridized carbons (Fsp3) is 0.467. The minimum absolute atomic E-state index is 0.0180. The second kappa shape index (κ2) is 12.5. The number of thiazole rings is 1. The highest BCUT2D eigenvalue weighted by atomic mass is 32.1. The molecule has 0 bridgehead atoms. The Hall–Kier alpha value is -3.26. The van der Waals surface area contributed by atoms with Gasteiger partial charge in [-0.05, 0) is 75.1 Å². The minimum Gasteiger partial charge on any atom is -0.476 e. The number of hydrogen-bond donors (Lipinski definition) is 2. The number of anilines is 1. The van der Waals surface area contributed by atoms with Gasteiger partial charge >= 0.3 is 5.97 Å². The van der Waals surface area contributed by atoms with Gasteiger partial charge in [-0.25, -0.2) is 9.78 Å². The number of carboxylic acids is 1. The van der Waals surface area contributed by atoms with Crippen molar-refractivity contribution in [2.75, 3.05) is 18.4 Å². The van der Waals surface area contributed by atoms with Gasteiger partial charge in [0, 0.05) is 19.3 Å². The number of carbonyl (C=O) groups excluding carboxylic acids is 1. The number of amides is 1. The molecule has 0 saturated heterocycles. The Bertz CT molecular complexity index is 1250. The third-order valence-corrected chi connectivity index (χ3v) is 8.09. The van der Waals surface area contributed by atoms with Crippen LogP contribution >= 0.6 is 11.3 Å². The van der Waals surface area contributed by atoms with Crippen molar-refractivity contribution in [3.8, 4) is 0 Å². The zero-order valence-corrected chi connectivity index (χ0v) is 23.4. The van der Waals surface area contributed by atoms with Crippen LogP contribution in [0.15, 0.2) is 42.6 Å². The van der Waals surface area contributed by atoms with Crippen molar-refractivity contribution < 1.29 is 14.7 Å². The summed E-state index contributed by atoms with van der Waals surface area (Å²) in [5.41, 5.74) is 3.95. The van der Waals surface area contributed by atoms with Crippen LogP contribution in [0.1, 0.15) is 83.8 Å². The molecular weight excluding hydrogens is 496 g/mol. The monoisotopic (exact) mass is 534 g/mol. The highest BCUT2D eigenvalue weighted by molar-refractivity contribution is 7.16. The van der Waals surface area contributed by atoms with E-state index < -0.39 is 11.4 Å². The average molecular weight is 535 g/mol. The zero-order chi connectivity index (χ0) is 27.1. The van der Waals surface area contributed by atoms with E-state index in [1.165, 1.54) is 35.3 Å². The van der Waals surface area contributed by atoms with Gasteiger partial charge in [0.15, 0.2) is 5.69 Å². The van der Waals surface area contributed by atoms with Crippen LogP contribution in [0.5, 0.6) is 0 Å². The minimum atomic E-state index is -1.06. The van der Waals surface area contributed by atoms with E-state index in [1.54, 1.807) is 0 Å². The Morgan fingerprint density at radius 1 is 1.11 bits per heavy atom. The number of pyridine rings is 1. The topological polar surface area (TPSA) is 95.4 Å². The van der Waals surface area contributed by atoms with E-state index in [0.717, 1.165) is 43.4 Å². The molecule has 7 nitrogen and oxygen atoms in total. The lowest BCUT2D eigenvalue weighted by Gasteiger charge is -2.27. The third kappa shape index (κ3) is 6.59. The van der Waals surface area contributed by atoms with Gasteiger partial charge in [-0.1, -0.05) is 55.0 Å². The Morgan fingerprint density at radius 2 is 1.84 bits per heavy atom. The van der Waals surface area contributed by atoms with Crippen LogP contribution < -0.4 is 5.32 Å². The maximum atomic E-state index is 14.0. The largest absolute Gasteiger partial charge is 0.476 e. The summed E-state index contributed by atoms with van der Waals surface area (Å²) in [4.78, 5) is 36.6. The van der Waals surface area contributed by atoms with E-state index in [9.17, 15) is 14.7 Å². The lowest BCUT2D eigenvalue weighted by molar-refractivity contribution is -0.134. The number of nitrogens with zero attached hydrogens (tertiary/aromatic N) is 3. The quantitative estimate of drug-likeness (QED) is 0.263. The Kier molecular flexibility index (Phi) is 9.15. The molecule has 0 spiro atoms. The van der Waals surface area contributed by atoms with Crippen LogP contribution in [0.4, 0.5) is 5.00 Å². The molecule has 3 aromatic rings. The molecule has 38 heavy (non-hydrogen) atoms. The van der Waals surface area contributed by atoms with Gasteiger partial charge < -0.3 is 15.3 Å². The van der Waals surface area contributed by atoms with Crippen LogP contribution in [-0.2, 0) is 29.6 Å². The molecule has 0 unspecified atom stereocenters. The summed E-state index contributed by atoms with van der Waals surface area (Å²) in [6.07, 6.45) is 8.51.